The van der Waals surface area contributed by atoms with E-state index in [1.165, 1.54) is 13.1 Å². The van der Waals surface area contributed by atoms with Crippen LogP contribution >= 0.6 is 0 Å². The number of rotatable bonds is 3. The van der Waals surface area contributed by atoms with Crippen LogP contribution in [-0.2, 0) is 4.79 Å². The zero-order chi connectivity index (χ0) is 12.9. The van der Waals surface area contributed by atoms with Gasteiger partial charge in [0.2, 0.25) is 0 Å². The van der Waals surface area contributed by atoms with E-state index in [9.17, 15) is 9.90 Å². The first-order chi connectivity index (χ1) is 8.51. The van der Waals surface area contributed by atoms with Gasteiger partial charge in [-0.2, -0.15) is 0 Å². The normalized spacial score (nSPS) is 46.4. The lowest BCUT2D eigenvalue weighted by molar-refractivity contribution is -0.147. The minimum absolute atomic E-state index is 0.204. The van der Waals surface area contributed by atoms with E-state index in [1.807, 2.05) is 0 Å². The Bertz CT molecular complexity index is 340. The monoisotopic (exact) mass is 252 g/mol. The number of hydrogen-bond donors (Lipinski definition) is 1. The van der Waals surface area contributed by atoms with E-state index in [2.05, 4.69) is 23.6 Å². The molecule has 18 heavy (non-hydrogen) atoms. The van der Waals surface area contributed by atoms with E-state index >= 15 is 0 Å². The van der Waals surface area contributed by atoms with Crippen LogP contribution in [0.15, 0.2) is 0 Å². The second kappa shape index (κ2) is 4.20. The molecule has 0 saturated carbocycles. The Morgan fingerprint density at radius 3 is 2.28 bits per heavy atom. The molecule has 4 nitrogen and oxygen atoms in total. The molecule has 4 fully saturated rings. The van der Waals surface area contributed by atoms with Crippen molar-refractivity contribution in [3.63, 3.8) is 0 Å². The van der Waals surface area contributed by atoms with Gasteiger partial charge in [-0.3, -0.25) is 4.79 Å². The van der Waals surface area contributed by atoms with Gasteiger partial charge in [0, 0.05) is 51.1 Å². The number of carboxylic acids is 1. The largest absolute Gasteiger partial charge is 0.481 e. The molecule has 0 aromatic rings. The number of nitrogens with zero attached hydrogens (tertiary/aromatic N) is 2. The molecular formula is C14H24N2O2. The van der Waals surface area contributed by atoms with Crippen molar-refractivity contribution >= 4 is 5.97 Å². The van der Waals surface area contributed by atoms with E-state index in [1.54, 1.807) is 0 Å². The molecule has 0 radical (unpaired) electrons. The highest BCUT2D eigenvalue weighted by Crippen LogP contribution is 2.50. The third kappa shape index (κ3) is 1.77. The van der Waals surface area contributed by atoms with Gasteiger partial charge in [0.25, 0.3) is 0 Å². The summed E-state index contributed by atoms with van der Waals surface area (Å²) in [6.45, 7) is 11.3. The Morgan fingerprint density at radius 2 is 1.83 bits per heavy atom. The molecule has 0 aromatic carbocycles. The highest BCUT2D eigenvalue weighted by molar-refractivity contribution is 5.67. The fraction of sp³-hybridized carbons (Fsp3) is 0.929. The number of hydrogen-bond acceptors (Lipinski definition) is 3. The van der Waals surface area contributed by atoms with Crippen LogP contribution < -0.4 is 0 Å². The summed E-state index contributed by atoms with van der Waals surface area (Å²) in [5.74, 6) is 0.887. The Kier molecular flexibility index (Phi) is 2.90. The average molecular weight is 252 g/mol. The summed E-state index contributed by atoms with van der Waals surface area (Å²) in [4.78, 5) is 16.4. The molecule has 4 saturated heterocycles. The Morgan fingerprint density at radius 1 is 1.28 bits per heavy atom. The molecule has 0 spiro atoms. The number of carboxylic acid groups (broad SMARTS) is 1. The lowest BCUT2D eigenvalue weighted by atomic mass is 9.57. The molecule has 4 bridgehead atoms. The minimum Gasteiger partial charge on any atom is -0.481 e. The number of carbonyl (C=O) groups is 1. The number of aliphatic carboxylic acids is 1. The number of fused-ring (bicyclic) bond motifs is 1. The van der Waals surface area contributed by atoms with Gasteiger partial charge in [0.1, 0.15) is 0 Å². The maximum absolute atomic E-state index is 11.2. The van der Waals surface area contributed by atoms with Gasteiger partial charge in [-0.15, -0.1) is 0 Å². The molecule has 102 valence electrons. The van der Waals surface area contributed by atoms with E-state index in [4.69, 9.17) is 0 Å². The van der Waals surface area contributed by atoms with Crippen molar-refractivity contribution < 1.29 is 9.90 Å². The lowest BCUT2D eigenvalue weighted by Crippen LogP contribution is -2.63. The smallest absolute Gasteiger partial charge is 0.303 e. The zero-order valence-electron chi connectivity index (χ0n) is 11.4. The predicted molar refractivity (Wildman–Crippen MR) is 69.4 cm³/mol. The fourth-order valence-corrected chi connectivity index (χ4v) is 4.67. The van der Waals surface area contributed by atoms with Gasteiger partial charge < -0.3 is 14.9 Å². The topological polar surface area (TPSA) is 43.8 Å². The van der Waals surface area contributed by atoms with Crippen molar-refractivity contribution in [3.05, 3.63) is 0 Å². The Balaban J connectivity index is 1.96. The molecule has 4 rings (SSSR count). The summed E-state index contributed by atoms with van der Waals surface area (Å²) in [5, 5.41) is 9.24. The van der Waals surface area contributed by atoms with Gasteiger partial charge in [-0.05, 0) is 17.8 Å². The first-order valence-corrected chi connectivity index (χ1v) is 7.18. The molecule has 3 unspecified atom stereocenters. The second-order valence-electron chi connectivity index (χ2n) is 6.82. The van der Waals surface area contributed by atoms with Gasteiger partial charge >= 0.3 is 5.97 Å². The van der Waals surface area contributed by atoms with Crippen LogP contribution in [0, 0.1) is 23.2 Å². The van der Waals surface area contributed by atoms with Gasteiger partial charge in [-0.1, -0.05) is 13.8 Å². The van der Waals surface area contributed by atoms with Crippen molar-refractivity contribution in [3.8, 4) is 0 Å². The summed E-state index contributed by atoms with van der Waals surface area (Å²) in [6.07, 6.45) is 0.366. The van der Waals surface area contributed by atoms with E-state index in [0.717, 1.165) is 26.2 Å². The van der Waals surface area contributed by atoms with Crippen molar-refractivity contribution in [1.29, 1.82) is 0 Å². The van der Waals surface area contributed by atoms with Crippen molar-refractivity contribution in [2.75, 3.05) is 39.3 Å². The summed E-state index contributed by atoms with van der Waals surface area (Å²) in [6, 6.07) is 0. The third-order valence-electron chi connectivity index (χ3n) is 5.61. The van der Waals surface area contributed by atoms with Crippen LogP contribution in [0.4, 0.5) is 0 Å². The SMILES string of the molecule is CC(C)C12CN3CCN(CC(C3)C1CC(=O)O)C2. The molecule has 4 aliphatic heterocycles. The summed E-state index contributed by atoms with van der Waals surface area (Å²) in [7, 11) is 0. The van der Waals surface area contributed by atoms with Crippen LogP contribution in [-0.4, -0.2) is 60.1 Å². The molecule has 4 heterocycles. The minimum atomic E-state index is -0.615. The van der Waals surface area contributed by atoms with Crippen molar-refractivity contribution in [1.82, 2.24) is 9.80 Å². The Labute approximate surface area is 109 Å². The molecule has 4 aliphatic rings. The number of piperidine rings is 2. The highest BCUT2D eigenvalue weighted by Gasteiger charge is 2.55. The van der Waals surface area contributed by atoms with E-state index < -0.39 is 5.97 Å². The van der Waals surface area contributed by atoms with Crippen LogP contribution in [0.1, 0.15) is 20.3 Å². The Hall–Kier alpha value is -0.610. The quantitative estimate of drug-likeness (QED) is 0.813. The maximum atomic E-state index is 11.2. The average Bonchev–Trinajstić information content (AvgIpc) is 2.51. The van der Waals surface area contributed by atoms with Crippen LogP contribution in [0.5, 0.6) is 0 Å². The summed E-state index contributed by atoms with van der Waals surface area (Å²) >= 11 is 0. The van der Waals surface area contributed by atoms with Gasteiger partial charge in [0.15, 0.2) is 0 Å². The van der Waals surface area contributed by atoms with Gasteiger partial charge in [0.05, 0.1) is 0 Å². The van der Waals surface area contributed by atoms with Gasteiger partial charge in [-0.25, -0.2) is 0 Å². The fourth-order valence-electron chi connectivity index (χ4n) is 4.67. The van der Waals surface area contributed by atoms with E-state index in [0.29, 0.717) is 24.2 Å². The summed E-state index contributed by atoms with van der Waals surface area (Å²) in [5.41, 5.74) is 0.204. The molecular weight excluding hydrogens is 228 g/mol. The molecule has 1 N–H and O–H groups in total. The zero-order valence-corrected chi connectivity index (χ0v) is 11.4. The standard InChI is InChI=1S/C14H24N2O2/c1-10(2)14-8-15-3-4-16(9-14)7-11(6-15)12(14)5-13(17)18/h10-12H,3-9H2,1-2H3,(H,17,18). The van der Waals surface area contributed by atoms with Crippen LogP contribution in [0.25, 0.3) is 0 Å². The predicted octanol–water partition coefficient (Wildman–Crippen LogP) is 0.981. The molecule has 0 aliphatic carbocycles. The van der Waals surface area contributed by atoms with Crippen molar-refractivity contribution in [2.24, 2.45) is 23.2 Å². The van der Waals surface area contributed by atoms with Crippen LogP contribution in [0.2, 0.25) is 0 Å². The van der Waals surface area contributed by atoms with Crippen molar-refractivity contribution in [2.45, 2.75) is 20.3 Å². The first-order valence-electron chi connectivity index (χ1n) is 7.18. The lowest BCUT2D eigenvalue weighted by Gasteiger charge is -2.57. The van der Waals surface area contributed by atoms with E-state index in [-0.39, 0.29) is 5.41 Å². The molecule has 4 heteroatoms. The third-order valence-corrected chi connectivity index (χ3v) is 5.61. The molecule has 0 amide bonds. The first kappa shape index (κ1) is 12.4. The second-order valence-corrected chi connectivity index (χ2v) is 6.82. The molecule has 3 atom stereocenters. The highest BCUT2D eigenvalue weighted by atomic mass is 16.4. The van der Waals surface area contributed by atoms with Crippen LogP contribution in [0.3, 0.4) is 0 Å². The summed E-state index contributed by atoms with van der Waals surface area (Å²) < 4.78 is 0. The maximum Gasteiger partial charge on any atom is 0.303 e. The molecule has 0 aromatic heterocycles.